The summed E-state index contributed by atoms with van der Waals surface area (Å²) in [7, 11) is 0. The smallest absolute Gasteiger partial charge is 0.336 e. The van der Waals surface area contributed by atoms with Crippen molar-refractivity contribution in [2.24, 2.45) is 0 Å². The number of fused-ring (bicyclic) bond motifs is 1. The quantitative estimate of drug-likeness (QED) is 0.513. The van der Waals surface area contributed by atoms with Crippen LogP contribution >= 0.6 is 0 Å². The summed E-state index contributed by atoms with van der Waals surface area (Å²) in [5, 5.41) is 3.26. The maximum absolute atomic E-state index is 12.3. The van der Waals surface area contributed by atoms with E-state index >= 15 is 0 Å². The summed E-state index contributed by atoms with van der Waals surface area (Å²) in [5.41, 5.74) is 3.03. The number of rotatable bonds is 5. The minimum atomic E-state index is -0.594. The van der Waals surface area contributed by atoms with E-state index in [1.54, 1.807) is 18.2 Å². The van der Waals surface area contributed by atoms with E-state index in [2.05, 4.69) is 26.1 Å². The molecule has 3 aromatic rings. The van der Waals surface area contributed by atoms with E-state index in [0.717, 1.165) is 11.1 Å². The molecule has 0 saturated carbocycles. The first-order valence-electron chi connectivity index (χ1n) is 9.71. The molecule has 3 rings (SSSR count). The van der Waals surface area contributed by atoms with E-state index in [0.29, 0.717) is 22.1 Å². The van der Waals surface area contributed by atoms with Gasteiger partial charge in [0.15, 0.2) is 0 Å². The summed E-state index contributed by atoms with van der Waals surface area (Å²) < 4.78 is 10.4. The molecule has 0 bridgehead atoms. The third-order valence-electron chi connectivity index (χ3n) is 4.78. The largest absolute Gasteiger partial charge is 0.459 e. The van der Waals surface area contributed by atoms with Crippen molar-refractivity contribution in [3.63, 3.8) is 0 Å². The number of esters is 1. The lowest BCUT2D eigenvalue weighted by Crippen LogP contribution is -2.30. The van der Waals surface area contributed by atoms with Crippen LogP contribution in [-0.2, 0) is 21.6 Å². The molecule has 0 aliphatic carbocycles. The highest BCUT2D eigenvalue weighted by molar-refractivity contribution is 5.96. The summed E-state index contributed by atoms with van der Waals surface area (Å²) in [6.45, 7) is 7.83. The van der Waals surface area contributed by atoms with Gasteiger partial charge in [0, 0.05) is 22.6 Å². The first-order valence-corrected chi connectivity index (χ1v) is 9.71. The molecule has 156 valence electrons. The fraction of sp³-hybridized carbons (Fsp3) is 0.292. The average Bonchev–Trinajstić information content (AvgIpc) is 2.69. The van der Waals surface area contributed by atoms with E-state index in [4.69, 9.17) is 9.15 Å². The Kier molecular flexibility index (Phi) is 6.06. The number of ether oxygens (including phenoxy) is 1. The van der Waals surface area contributed by atoms with Gasteiger partial charge in [-0.3, -0.25) is 9.59 Å². The molecular weight excluding hydrogens is 382 g/mol. The number of carbonyl (C=O) groups is 2. The highest BCUT2D eigenvalue weighted by atomic mass is 16.5. The van der Waals surface area contributed by atoms with Crippen molar-refractivity contribution in [2.75, 3.05) is 6.54 Å². The third-order valence-corrected chi connectivity index (χ3v) is 4.78. The van der Waals surface area contributed by atoms with Crippen LogP contribution in [0.5, 0.6) is 0 Å². The molecule has 1 aromatic heterocycles. The van der Waals surface area contributed by atoms with Crippen LogP contribution in [0.3, 0.4) is 0 Å². The van der Waals surface area contributed by atoms with Crippen LogP contribution in [-0.4, -0.2) is 18.4 Å². The molecule has 0 atom stereocenters. The molecule has 0 fully saturated rings. The molecule has 0 aliphatic heterocycles. The fourth-order valence-electron chi connectivity index (χ4n) is 3.04. The van der Waals surface area contributed by atoms with Gasteiger partial charge in [0.2, 0.25) is 0 Å². The van der Waals surface area contributed by atoms with Crippen molar-refractivity contribution < 1.29 is 18.7 Å². The molecule has 2 aromatic carbocycles. The van der Waals surface area contributed by atoms with Crippen molar-refractivity contribution in [3.05, 3.63) is 81.2 Å². The number of amides is 1. The van der Waals surface area contributed by atoms with E-state index < -0.39 is 11.6 Å². The van der Waals surface area contributed by atoms with E-state index in [1.807, 2.05) is 31.2 Å². The van der Waals surface area contributed by atoms with Gasteiger partial charge in [0.1, 0.15) is 18.7 Å². The van der Waals surface area contributed by atoms with Crippen LogP contribution in [0, 0.1) is 6.92 Å². The first-order chi connectivity index (χ1) is 14.1. The fourth-order valence-corrected chi connectivity index (χ4v) is 3.04. The predicted molar refractivity (Wildman–Crippen MR) is 114 cm³/mol. The van der Waals surface area contributed by atoms with Crippen molar-refractivity contribution in [1.82, 2.24) is 5.32 Å². The lowest BCUT2D eigenvalue weighted by Gasteiger charge is -2.19. The standard InChI is InChI=1S/C24H25NO5/c1-15-5-10-19-17(12-21(26)30-20(19)11-15)14-29-22(27)13-25-23(28)16-6-8-18(9-7-16)24(2,3)4/h5-12H,13-14H2,1-4H3,(H,25,28). The molecule has 1 N–H and O–H groups in total. The minimum absolute atomic E-state index is 0.00362. The Morgan fingerprint density at radius 2 is 1.73 bits per heavy atom. The van der Waals surface area contributed by atoms with Crippen molar-refractivity contribution in [2.45, 2.75) is 39.7 Å². The van der Waals surface area contributed by atoms with Gasteiger partial charge in [-0.15, -0.1) is 0 Å². The number of aryl methyl sites for hydroxylation is 1. The molecule has 1 heterocycles. The van der Waals surface area contributed by atoms with Crippen LogP contribution in [0.1, 0.15) is 47.8 Å². The summed E-state index contributed by atoms with van der Waals surface area (Å²) in [6, 6.07) is 14.0. The SMILES string of the molecule is Cc1ccc2c(COC(=O)CNC(=O)c3ccc(C(C)(C)C)cc3)cc(=O)oc2c1. The Morgan fingerprint density at radius 3 is 2.40 bits per heavy atom. The lowest BCUT2D eigenvalue weighted by atomic mass is 9.87. The molecule has 6 heteroatoms. The van der Waals surface area contributed by atoms with E-state index in [1.165, 1.54) is 6.07 Å². The van der Waals surface area contributed by atoms with Crippen LogP contribution in [0.4, 0.5) is 0 Å². The maximum Gasteiger partial charge on any atom is 0.336 e. The zero-order valence-electron chi connectivity index (χ0n) is 17.6. The zero-order valence-corrected chi connectivity index (χ0v) is 17.6. The normalized spacial score (nSPS) is 11.3. The lowest BCUT2D eigenvalue weighted by molar-refractivity contribution is -0.143. The van der Waals surface area contributed by atoms with Crippen LogP contribution in [0.15, 0.2) is 57.7 Å². The molecule has 0 saturated heterocycles. The molecule has 0 spiro atoms. The number of carbonyl (C=O) groups excluding carboxylic acids is 2. The van der Waals surface area contributed by atoms with Crippen molar-refractivity contribution in [3.8, 4) is 0 Å². The Hall–Kier alpha value is -3.41. The van der Waals surface area contributed by atoms with Gasteiger partial charge in [0.05, 0.1) is 0 Å². The summed E-state index contributed by atoms with van der Waals surface area (Å²) in [5.74, 6) is -0.947. The maximum atomic E-state index is 12.3. The Bertz CT molecular complexity index is 1140. The van der Waals surface area contributed by atoms with Crippen molar-refractivity contribution >= 4 is 22.8 Å². The van der Waals surface area contributed by atoms with Gasteiger partial charge < -0.3 is 14.5 Å². The number of hydrogen-bond acceptors (Lipinski definition) is 5. The Morgan fingerprint density at radius 1 is 1.03 bits per heavy atom. The van der Waals surface area contributed by atoms with Crippen LogP contribution < -0.4 is 10.9 Å². The summed E-state index contributed by atoms with van der Waals surface area (Å²) >= 11 is 0. The topological polar surface area (TPSA) is 85.6 Å². The molecule has 6 nitrogen and oxygen atoms in total. The Balaban J connectivity index is 1.58. The second kappa shape index (κ2) is 8.53. The predicted octanol–water partition coefficient (Wildman–Crippen LogP) is 3.87. The number of hydrogen-bond donors (Lipinski definition) is 1. The van der Waals surface area contributed by atoms with E-state index in [-0.39, 0.29) is 24.5 Å². The molecule has 0 radical (unpaired) electrons. The average molecular weight is 407 g/mol. The van der Waals surface area contributed by atoms with Gasteiger partial charge in [0.25, 0.3) is 5.91 Å². The first kappa shape index (κ1) is 21.3. The summed E-state index contributed by atoms with van der Waals surface area (Å²) in [4.78, 5) is 36.1. The third kappa shape index (κ3) is 5.14. The van der Waals surface area contributed by atoms with Gasteiger partial charge in [-0.05, 0) is 41.7 Å². The highest BCUT2D eigenvalue weighted by Gasteiger charge is 2.15. The zero-order chi connectivity index (χ0) is 21.9. The molecule has 30 heavy (non-hydrogen) atoms. The monoisotopic (exact) mass is 407 g/mol. The van der Waals surface area contributed by atoms with Crippen molar-refractivity contribution in [1.29, 1.82) is 0 Å². The second-order valence-corrected chi connectivity index (χ2v) is 8.26. The minimum Gasteiger partial charge on any atom is -0.459 e. The highest BCUT2D eigenvalue weighted by Crippen LogP contribution is 2.22. The van der Waals surface area contributed by atoms with E-state index in [9.17, 15) is 14.4 Å². The van der Waals surface area contributed by atoms with Gasteiger partial charge in [-0.1, -0.05) is 45.0 Å². The molecule has 1 amide bonds. The Labute approximate surface area is 174 Å². The summed E-state index contributed by atoms with van der Waals surface area (Å²) in [6.07, 6.45) is 0. The van der Waals surface area contributed by atoms with Gasteiger partial charge >= 0.3 is 11.6 Å². The van der Waals surface area contributed by atoms with Gasteiger partial charge in [-0.2, -0.15) is 0 Å². The molecule has 0 unspecified atom stereocenters. The van der Waals surface area contributed by atoms with Gasteiger partial charge in [-0.25, -0.2) is 4.79 Å². The second-order valence-electron chi connectivity index (χ2n) is 8.26. The van der Waals surface area contributed by atoms with Crippen LogP contribution in [0.2, 0.25) is 0 Å². The van der Waals surface area contributed by atoms with Crippen LogP contribution in [0.25, 0.3) is 11.0 Å². The number of benzene rings is 2. The number of nitrogens with one attached hydrogen (secondary N) is 1. The molecule has 0 aliphatic rings. The molecular formula is C24H25NO5.